The maximum atomic E-state index is 11.4. The Morgan fingerprint density at radius 2 is 1.94 bits per heavy atom. The number of amides is 3. The Kier molecular flexibility index (Phi) is 2.98. The standard InChI is InChI=1S/C9H13N5O2/c10-13-6-7(11-9(16)12-8(6)15)14-4-2-1-3-5-14/h7H,1-5H2,(H2,11,12,15,16). The first-order chi connectivity index (χ1) is 7.72. The summed E-state index contributed by atoms with van der Waals surface area (Å²) < 4.78 is 0. The molecule has 2 N–H and O–H groups in total. The predicted octanol–water partition coefficient (Wildman–Crippen LogP) is -0.691. The molecule has 0 radical (unpaired) electrons. The van der Waals surface area contributed by atoms with Crippen LogP contribution in [0.1, 0.15) is 19.3 Å². The number of rotatable bonds is 1. The summed E-state index contributed by atoms with van der Waals surface area (Å²) in [5.74, 6) is -0.637. The van der Waals surface area contributed by atoms with E-state index in [1.165, 1.54) is 0 Å². The number of urea groups is 1. The lowest BCUT2D eigenvalue weighted by atomic mass is 10.1. The van der Waals surface area contributed by atoms with Gasteiger partial charge in [-0.3, -0.25) is 15.0 Å². The van der Waals surface area contributed by atoms with Crippen LogP contribution in [0.15, 0.2) is 0 Å². The lowest BCUT2D eigenvalue weighted by Gasteiger charge is -2.33. The second-order valence-corrected chi connectivity index (χ2v) is 3.91. The fraction of sp³-hybridized carbons (Fsp3) is 0.667. The third-order valence-corrected chi connectivity index (χ3v) is 2.85. The number of likely N-dealkylation sites (tertiary alicyclic amines) is 1. The van der Waals surface area contributed by atoms with Gasteiger partial charge in [0.05, 0.1) is 0 Å². The molecule has 1 unspecified atom stereocenters. The maximum Gasteiger partial charge on any atom is 0.393 e. The molecule has 2 aliphatic heterocycles. The fourth-order valence-electron chi connectivity index (χ4n) is 2.06. The highest BCUT2D eigenvalue weighted by Crippen LogP contribution is 2.12. The van der Waals surface area contributed by atoms with E-state index in [9.17, 15) is 9.59 Å². The lowest BCUT2D eigenvalue weighted by Crippen LogP contribution is -2.65. The van der Waals surface area contributed by atoms with Crippen LogP contribution in [-0.2, 0) is 4.79 Å². The van der Waals surface area contributed by atoms with Gasteiger partial charge >= 0.3 is 17.6 Å². The minimum absolute atomic E-state index is 0.0542. The Labute approximate surface area is 92.4 Å². The Balaban J connectivity index is 2.18. The highest BCUT2D eigenvalue weighted by molar-refractivity contribution is 6.42. The van der Waals surface area contributed by atoms with Gasteiger partial charge in [0, 0.05) is 13.1 Å². The number of nitrogens with one attached hydrogen (secondary N) is 2. The summed E-state index contributed by atoms with van der Waals surface area (Å²) in [6.45, 7) is 1.58. The maximum absolute atomic E-state index is 11.4. The van der Waals surface area contributed by atoms with Crippen molar-refractivity contribution in [1.82, 2.24) is 15.5 Å². The molecule has 3 amide bonds. The summed E-state index contributed by atoms with van der Waals surface area (Å²) in [4.78, 5) is 27.5. The molecule has 0 aliphatic carbocycles. The van der Waals surface area contributed by atoms with Gasteiger partial charge in [-0.2, -0.15) is 4.79 Å². The lowest BCUT2D eigenvalue weighted by molar-refractivity contribution is -0.120. The van der Waals surface area contributed by atoms with Crippen molar-refractivity contribution in [1.29, 1.82) is 0 Å². The molecule has 7 heteroatoms. The van der Waals surface area contributed by atoms with Crippen molar-refractivity contribution in [2.75, 3.05) is 13.1 Å². The van der Waals surface area contributed by atoms with E-state index in [0.29, 0.717) is 0 Å². The number of carbonyl (C=O) groups is 2. The average Bonchev–Trinajstić information content (AvgIpc) is 2.29. The van der Waals surface area contributed by atoms with Gasteiger partial charge in [-0.15, -0.1) is 0 Å². The zero-order valence-electron chi connectivity index (χ0n) is 8.77. The summed E-state index contributed by atoms with van der Waals surface area (Å²) >= 11 is 0. The molecule has 0 aromatic carbocycles. The zero-order chi connectivity index (χ0) is 11.5. The molecule has 1 atom stereocenters. The molecule has 0 saturated carbocycles. The van der Waals surface area contributed by atoms with E-state index in [4.69, 9.17) is 5.53 Å². The number of hydrogen-bond acceptors (Lipinski definition) is 3. The van der Waals surface area contributed by atoms with Crippen LogP contribution in [0.2, 0.25) is 0 Å². The van der Waals surface area contributed by atoms with Crippen molar-refractivity contribution in [2.45, 2.75) is 25.4 Å². The molecule has 16 heavy (non-hydrogen) atoms. The van der Waals surface area contributed by atoms with Gasteiger partial charge in [-0.05, 0) is 12.8 Å². The summed E-state index contributed by atoms with van der Waals surface area (Å²) in [7, 11) is 0. The van der Waals surface area contributed by atoms with E-state index in [-0.39, 0.29) is 5.71 Å². The minimum atomic E-state index is -0.637. The van der Waals surface area contributed by atoms with Crippen LogP contribution in [0.25, 0.3) is 5.53 Å². The number of carbonyl (C=O) groups excluding carboxylic acids is 2. The molecule has 2 saturated heterocycles. The highest BCUT2D eigenvalue weighted by atomic mass is 16.2. The van der Waals surface area contributed by atoms with E-state index >= 15 is 0 Å². The van der Waals surface area contributed by atoms with Crippen LogP contribution in [0.3, 0.4) is 0 Å². The van der Waals surface area contributed by atoms with Crippen molar-refractivity contribution >= 4 is 17.6 Å². The van der Waals surface area contributed by atoms with Gasteiger partial charge in [-0.25, -0.2) is 4.79 Å². The van der Waals surface area contributed by atoms with Crippen molar-refractivity contribution in [3.05, 3.63) is 5.53 Å². The molecule has 86 valence electrons. The van der Waals surface area contributed by atoms with Crippen LogP contribution >= 0.6 is 0 Å². The summed E-state index contributed by atoms with van der Waals surface area (Å²) in [6, 6.07) is -0.548. The number of nitrogens with zero attached hydrogens (tertiary/aromatic N) is 3. The second kappa shape index (κ2) is 4.42. The van der Waals surface area contributed by atoms with E-state index < -0.39 is 18.1 Å². The normalized spacial score (nSPS) is 27.0. The first-order valence-electron chi connectivity index (χ1n) is 5.30. The van der Waals surface area contributed by atoms with Crippen molar-refractivity contribution in [2.24, 2.45) is 0 Å². The molecular weight excluding hydrogens is 210 g/mol. The van der Waals surface area contributed by atoms with Crippen molar-refractivity contribution < 1.29 is 14.4 Å². The zero-order valence-corrected chi connectivity index (χ0v) is 8.77. The summed E-state index contributed by atoms with van der Waals surface area (Å²) in [5, 5.41) is 4.62. The molecule has 2 heterocycles. The van der Waals surface area contributed by atoms with Gasteiger partial charge < -0.3 is 10.8 Å². The van der Waals surface area contributed by atoms with Gasteiger partial charge in [0.25, 0.3) is 0 Å². The third-order valence-electron chi connectivity index (χ3n) is 2.85. The third kappa shape index (κ3) is 1.95. The molecule has 2 aliphatic rings. The minimum Gasteiger partial charge on any atom is -0.361 e. The Morgan fingerprint density at radius 1 is 1.25 bits per heavy atom. The van der Waals surface area contributed by atoms with Gasteiger partial charge in [0.1, 0.15) is 0 Å². The molecule has 2 fully saturated rings. The molecule has 0 bridgehead atoms. The van der Waals surface area contributed by atoms with Crippen LogP contribution in [-0.4, -0.2) is 46.6 Å². The predicted molar refractivity (Wildman–Crippen MR) is 54.5 cm³/mol. The monoisotopic (exact) mass is 223 g/mol. The topological polar surface area (TPSA) is 97.8 Å². The molecule has 0 aromatic rings. The average molecular weight is 223 g/mol. The Hall–Kier alpha value is -1.72. The second-order valence-electron chi connectivity index (χ2n) is 3.91. The van der Waals surface area contributed by atoms with Gasteiger partial charge in [0.15, 0.2) is 6.17 Å². The SMILES string of the molecule is [N-]=[N+]=C1C(=O)NC(=O)NC1N1CCCCC1. The quantitative estimate of drug-likeness (QED) is 0.454. The van der Waals surface area contributed by atoms with Crippen LogP contribution in [0, 0.1) is 0 Å². The smallest absolute Gasteiger partial charge is 0.361 e. The summed E-state index contributed by atoms with van der Waals surface area (Å²) in [6.07, 6.45) is 2.58. The van der Waals surface area contributed by atoms with E-state index in [1.807, 2.05) is 10.2 Å². The number of piperidine rings is 1. The number of imide groups is 1. The molecule has 2 rings (SSSR count). The van der Waals surface area contributed by atoms with Gasteiger partial charge in [0.2, 0.25) is 0 Å². The highest BCUT2D eigenvalue weighted by Gasteiger charge is 2.42. The van der Waals surface area contributed by atoms with Crippen LogP contribution in [0.5, 0.6) is 0 Å². The van der Waals surface area contributed by atoms with E-state index in [0.717, 1.165) is 32.4 Å². The largest absolute Gasteiger partial charge is 0.393 e. The number of hydrogen-bond donors (Lipinski definition) is 2. The van der Waals surface area contributed by atoms with Crippen molar-refractivity contribution in [3.63, 3.8) is 0 Å². The Bertz CT molecular complexity index is 368. The molecule has 0 spiro atoms. The van der Waals surface area contributed by atoms with Crippen LogP contribution < -0.4 is 10.6 Å². The molecule has 7 nitrogen and oxygen atoms in total. The van der Waals surface area contributed by atoms with E-state index in [1.54, 1.807) is 0 Å². The van der Waals surface area contributed by atoms with Gasteiger partial charge in [-0.1, -0.05) is 6.42 Å². The van der Waals surface area contributed by atoms with Crippen molar-refractivity contribution in [3.8, 4) is 0 Å². The molecular formula is C9H13N5O2. The Morgan fingerprint density at radius 3 is 2.56 bits per heavy atom. The molecule has 0 aromatic heterocycles. The van der Waals surface area contributed by atoms with E-state index in [2.05, 4.69) is 10.1 Å². The summed E-state index contributed by atoms with van der Waals surface area (Å²) in [5.41, 5.74) is 8.74. The first kappa shape index (κ1) is 10.8. The van der Waals surface area contributed by atoms with Crippen LogP contribution in [0.4, 0.5) is 4.79 Å². The fourth-order valence-corrected chi connectivity index (χ4v) is 2.06. The first-order valence-corrected chi connectivity index (χ1v) is 5.30.